The molecule has 8 heteroatoms. The first-order valence-corrected chi connectivity index (χ1v) is 7.79. The van der Waals surface area contributed by atoms with Gasteiger partial charge in [-0.15, -0.1) is 0 Å². The molecular weight excluding hydrogens is 320 g/mol. The van der Waals surface area contributed by atoms with E-state index in [0.717, 1.165) is 11.8 Å². The number of hydrogen-bond acceptors (Lipinski definition) is 6. The van der Waals surface area contributed by atoms with Crippen LogP contribution in [0.5, 0.6) is 5.75 Å². The largest absolute Gasteiger partial charge is 0.491 e. The Bertz CT molecular complexity index is 672. The van der Waals surface area contributed by atoms with Crippen LogP contribution in [-0.4, -0.2) is 46.3 Å². The summed E-state index contributed by atoms with van der Waals surface area (Å²) in [6, 6.07) is 4.51. The summed E-state index contributed by atoms with van der Waals surface area (Å²) < 4.78 is 5.51. The van der Waals surface area contributed by atoms with Gasteiger partial charge in [0, 0.05) is 11.1 Å². The number of nitrogens with zero attached hydrogens (tertiary/aromatic N) is 1. The van der Waals surface area contributed by atoms with Gasteiger partial charge < -0.3 is 15.2 Å². The molecule has 0 aromatic heterocycles. The van der Waals surface area contributed by atoms with Crippen LogP contribution in [0.4, 0.5) is 0 Å². The predicted octanol–water partition coefficient (Wildman–Crippen LogP) is 1.57. The highest BCUT2D eigenvalue weighted by atomic mass is 32.2. The summed E-state index contributed by atoms with van der Waals surface area (Å²) in [4.78, 5) is 38.1. The number of aldehydes is 1. The maximum absolute atomic E-state index is 12.3. The monoisotopic (exact) mass is 336 g/mol. The van der Waals surface area contributed by atoms with Gasteiger partial charge in [0.2, 0.25) is 0 Å². The van der Waals surface area contributed by atoms with Gasteiger partial charge in [0.05, 0.1) is 12.6 Å². The summed E-state index contributed by atoms with van der Waals surface area (Å²) in [6.45, 7) is 3.79. The standard InChI is InChI=1S/C15H16N2O5S/c1-8(2)22-11-4-9(7-18)3-10(5-11)13(19)17-15-16-6-12(23-15)14(20)21/h3-5,7-8,12H,6H2,1-2H3,(H,20,21)(H,16,17,19). The zero-order valence-electron chi connectivity index (χ0n) is 12.6. The summed E-state index contributed by atoms with van der Waals surface area (Å²) in [7, 11) is 0. The first-order chi connectivity index (χ1) is 10.9. The van der Waals surface area contributed by atoms with Crippen LogP contribution in [0, 0.1) is 0 Å². The highest BCUT2D eigenvalue weighted by Gasteiger charge is 2.27. The Hall–Kier alpha value is -2.35. The number of carboxylic acid groups (broad SMARTS) is 1. The molecule has 0 bridgehead atoms. The van der Waals surface area contributed by atoms with E-state index in [1.54, 1.807) is 6.07 Å². The van der Waals surface area contributed by atoms with Crippen molar-refractivity contribution >= 4 is 35.1 Å². The van der Waals surface area contributed by atoms with Gasteiger partial charge in [0.1, 0.15) is 17.3 Å². The Labute approximate surface area is 137 Å². The molecule has 1 heterocycles. The number of carbonyl (C=O) groups excluding carboxylic acids is 2. The number of thioether (sulfide) groups is 1. The molecule has 0 radical (unpaired) electrons. The number of aliphatic imine (C=N–C) groups is 1. The summed E-state index contributed by atoms with van der Waals surface area (Å²) in [5.41, 5.74) is 0.560. The second-order valence-electron chi connectivity index (χ2n) is 5.12. The van der Waals surface area contributed by atoms with Gasteiger partial charge in [-0.25, -0.2) is 0 Å². The predicted molar refractivity (Wildman–Crippen MR) is 86.4 cm³/mol. The van der Waals surface area contributed by atoms with Crippen molar-refractivity contribution in [2.45, 2.75) is 25.2 Å². The fraction of sp³-hybridized carbons (Fsp3) is 0.333. The number of carboxylic acids is 1. The van der Waals surface area contributed by atoms with Crippen LogP contribution in [-0.2, 0) is 4.79 Å². The zero-order chi connectivity index (χ0) is 17.0. The minimum absolute atomic E-state index is 0.0982. The Morgan fingerprint density at radius 1 is 1.43 bits per heavy atom. The van der Waals surface area contributed by atoms with Gasteiger partial charge in [0.15, 0.2) is 5.17 Å². The lowest BCUT2D eigenvalue weighted by Crippen LogP contribution is -2.28. The molecule has 1 aromatic rings. The molecule has 2 rings (SSSR count). The van der Waals surface area contributed by atoms with E-state index in [1.165, 1.54) is 12.1 Å². The SMILES string of the molecule is CC(C)Oc1cc(C=O)cc(C(=O)NC2=NCC(C(=O)O)S2)c1. The smallest absolute Gasteiger partial charge is 0.319 e. The Balaban J connectivity index is 2.13. The van der Waals surface area contributed by atoms with E-state index in [4.69, 9.17) is 9.84 Å². The molecule has 122 valence electrons. The van der Waals surface area contributed by atoms with Gasteiger partial charge in [-0.2, -0.15) is 0 Å². The van der Waals surface area contributed by atoms with Crippen molar-refractivity contribution in [3.63, 3.8) is 0 Å². The molecular formula is C15H16N2O5S. The first kappa shape index (κ1) is 17.0. The average molecular weight is 336 g/mol. The quantitative estimate of drug-likeness (QED) is 0.791. The molecule has 2 N–H and O–H groups in total. The van der Waals surface area contributed by atoms with Crippen molar-refractivity contribution in [3.8, 4) is 5.75 Å². The van der Waals surface area contributed by atoms with Crippen LogP contribution in [0.25, 0.3) is 0 Å². The highest BCUT2D eigenvalue weighted by molar-refractivity contribution is 8.15. The van der Waals surface area contributed by atoms with Gasteiger partial charge in [-0.3, -0.25) is 19.4 Å². The third-order valence-corrected chi connectivity index (χ3v) is 3.94. The van der Waals surface area contributed by atoms with E-state index in [9.17, 15) is 14.4 Å². The lowest BCUT2D eigenvalue weighted by Gasteiger charge is -2.12. The number of benzene rings is 1. The number of carbonyl (C=O) groups is 3. The second kappa shape index (κ2) is 7.28. The van der Waals surface area contributed by atoms with Gasteiger partial charge in [-0.05, 0) is 32.0 Å². The number of amidine groups is 1. The lowest BCUT2D eigenvalue weighted by atomic mass is 10.1. The Morgan fingerprint density at radius 2 is 2.17 bits per heavy atom. The fourth-order valence-electron chi connectivity index (χ4n) is 1.90. The van der Waals surface area contributed by atoms with Crippen LogP contribution in [0.1, 0.15) is 34.6 Å². The fourth-order valence-corrected chi connectivity index (χ4v) is 2.72. The third-order valence-electron chi connectivity index (χ3n) is 2.85. The van der Waals surface area contributed by atoms with Crippen molar-refractivity contribution in [2.24, 2.45) is 4.99 Å². The van der Waals surface area contributed by atoms with Crippen molar-refractivity contribution < 1.29 is 24.2 Å². The number of amides is 1. The van der Waals surface area contributed by atoms with Gasteiger partial charge in [0.25, 0.3) is 5.91 Å². The van der Waals surface area contributed by atoms with Crippen LogP contribution >= 0.6 is 11.8 Å². The van der Waals surface area contributed by atoms with Crippen molar-refractivity contribution in [2.75, 3.05) is 6.54 Å². The van der Waals surface area contributed by atoms with E-state index in [-0.39, 0.29) is 23.4 Å². The highest BCUT2D eigenvalue weighted by Crippen LogP contribution is 2.21. The summed E-state index contributed by atoms with van der Waals surface area (Å²) in [6.07, 6.45) is 0.533. The molecule has 1 unspecified atom stereocenters. The van der Waals surface area contributed by atoms with Crippen molar-refractivity contribution in [1.29, 1.82) is 0 Å². The molecule has 1 atom stereocenters. The molecule has 0 fully saturated rings. The van der Waals surface area contributed by atoms with Crippen molar-refractivity contribution in [1.82, 2.24) is 5.32 Å². The maximum atomic E-state index is 12.3. The Kier molecular flexibility index (Phi) is 5.38. The van der Waals surface area contributed by atoms with Crippen LogP contribution in [0.2, 0.25) is 0 Å². The zero-order valence-corrected chi connectivity index (χ0v) is 13.4. The topological polar surface area (TPSA) is 105 Å². The van der Waals surface area contributed by atoms with E-state index in [1.807, 2.05) is 13.8 Å². The van der Waals surface area contributed by atoms with E-state index in [2.05, 4.69) is 10.3 Å². The van der Waals surface area contributed by atoms with E-state index < -0.39 is 17.1 Å². The maximum Gasteiger partial charge on any atom is 0.319 e. The van der Waals surface area contributed by atoms with E-state index in [0.29, 0.717) is 17.6 Å². The first-order valence-electron chi connectivity index (χ1n) is 6.91. The molecule has 0 spiro atoms. The molecule has 1 aliphatic rings. The molecule has 0 aliphatic carbocycles. The lowest BCUT2D eigenvalue weighted by molar-refractivity contribution is -0.136. The van der Waals surface area contributed by atoms with Crippen LogP contribution < -0.4 is 10.1 Å². The average Bonchev–Trinajstić information content (AvgIpc) is 2.94. The molecule has 7 nitrogen and oxygen atoms in total. The number of aliphatic carboxylic acids is 1. The minimum atomic E-state index is -0.974. The number of hydrogen-bond donors (Lipinski definition) is 2. The van der Waals surface area contributed by atoms with E-state index >= 15 is 0 Å². The van der Waals surface area contributed by atoms with Gasteiger partial charge >= 0.3 is 5.97 Å². The van der Waals surface area contributed by atoms with Crippen molar-refractivity contribution in [3.05, 3.63) is 29.3 Å². The minimum Gasteiger partial charge on any atom is -0.491 e. The number of nitrogens with one attached hydrogen (secondary N) is 1. The Morgan fingerprint density at radius 3 is 2.74 bits per heavy atom. The third kappa shape index (κ3) is 4.56. The molecule has 0 saturated heterocycles. The second-order valence-corrected chi connectivity index (χ2v) is 6.31. The summed E-state index contributed by atoms with van der Waals surface area (Å²) >= 11 is 0.984. The molecule has 1 aromatic carbocycles. The van der Waals surface area contributed by atoms with Crippen LogP contribution in [0.15, 0.2) is 23.2 Å². The normalized spacial score (nSPS) is 16.8. The molecule has 23 heavy (non-hydrogen) atoms. The number of ether oxygens (including phenoxy) is 1. The van der Waals surface area contributed by atoms with Gasteiger partial charge in [-0.1, -0.05) is 11.8 Å². The van der Waals surface area contributed by atoms with Crippen LogP contribution in [0.3, 0.4) is 0 Å². The molecule has 1 aliphatic heterocycles. The summed E-state index contributed by atoms with van der Waals surface area (Å²) in [5, 5.41) is 11.0. The molecule has 0 saturated carbocycles. The summed E-state index contributed by atoms with van der Waals surface area (Å²) in [5.74, 6) is -1.03. The molecule has 1 amide bonds. The number of rotatable bonds is 5.